The maximum atomic E-state index is 11.6. The Labute approximate surface area is 118 Å². The fourth-order valence-electron chi connectivity index (χ4n) is 1.44. The number of hydrogen-bond donors (Lipinski definition) is 0. The summed E-state index contributed by atoms with van der Waals surface area (Å²) in [6, 6.07) is 7.76. The van der Waals surface area contributed by atoms with Crippen molar-refractivity contribution in [2.45, 2.75) is 13.8 Å². The molecule has 4 nitrogen and oxygen atoms in total. The zero-order chi connectivity index (χ0) is 13.1. The summed E-state index contributed by atoms with van der Waals surface area (Å²) >= 11 is 1.96. The second-order valence-electron chi connectivity index (χ2n) is 3.73. The van der Waals surface area contributed by atoms with Gasteiger partial charge in [0.1, 0.15) is 0 Å². The zero-order valence-electron chi connectivity index (χ0n) is 10.1. The molecule has 18 heavy (non-hydrogen) atoms. The summed E-state index contributed by atoms with van der Waals surface area (Å²) in [7, 11) is 0. The minimum atomic E-state index is -0.479. The van der Waals surface area contributed by atoms with Crippen LogP contribution >= 0.6 is 22.6 Å². The van der Waals surface area contributed by atoms with Crippen molar-refractivity contribution < 1.29 is 13.9 Å². The number of esters is 1. The van der Waals surface area contributed by atoms with Gasteiger partial charge in [-0.2, -0.15) is 0 Å². The number of aryl methyl sites for hydroxylation is 1. The van der Waals surface area contributed by atoms with Gasteiger partial charge in [0.15, 0.2) is 3.70 Å². The zero-order valence-corrected chi connectivity index (χ0v) is 12.2. The van der Waals surface area contributed by atoms with Crippen molar-refractivity contribution >= 4 is 28.6 Å². The van der Waals surface area contributed by atoms with Crippen molar-refractivity contribution in [1.82, 2.24) is 4.98 Å². The van der Waals surface area contributed by atoms with Crippen molar-refractivity contribution in [3.05, 3.63) is 39.3 Å². The Morgan fingerprint density at radius 3 is 2.67 bits per heavy atom. The number of benzene rings is 1. The normalized spacial score (nSPS) is 10.4. The lowest BCUT2D eigenvalue weighted by molar-refractivity contribution is 0.0489. The highest BCUT2D eigenvalue weighted by atomic mass is 127. The molecule has 1 aromatic carbocycles. The van der Waals surface area contributed by atoms with E-state index in [2.05, 4.69) is 4.98 Å². The third-order valence-electron chi connectivity index (χ3n) is 2.35. The van der Waals surface area contributed by atoms with Gasteiger partial charge in [-0.15, -0.1) is 0 Å². The molecule has 0 aliphatic carbocycles. The Hall–Kier alpha value is -1.37. The van der Waals surface area contributed by atoms with E-state index in [9.17, 15) is 4.79 Å². The molecule has 0 saturated carbocycles. The van der Waals surface area contributed by atoms with E-state index in [1.54, 1.807) is 6.92 Å². The minimum absolute atomic E-state index is 0.160. The van der Waals surface area contributed by atoms with E-state index < -0.39 is 5.97 Å². The Balaban J connectivity index is 2.34. The molecule has 0 aliphatic rings. The number of rotatable bonds is 3. The van der Waals surface area contributed by atoms with Crippen LogP contribution in [0.3, 0.4) is 0 Å². The van der Waals surface area contributed by atoms with Crippen molar-refractivity contribution in [3.63, 3.8) is 0 Å². The first kappa shape index (κ1) is 13.1. The van der Waals surface area contributed by atoms with Gasteiger partial charge < -0.3 is 9.15 Å². The summed E-state index contributed by atoms with van der Waals surface area (Å²) in [5.74, 6) is 0.114. The van der Waals surface area contributed by atoms with Crippen LogP contribution in [0.1, 0.15) is 23.0 Å². The Kier molecular flexibility index (Phi) is 4.00. The summed E-state index contributed by atoms with van der Waals surface area (Å²) in [6.07, 6.45) is 0. The van der Waals surface area contributed by atoms with Crippen LogP contribution < -0.4 is 0 Å². The minimum Gasteiger partial charge on any atom is -0.460 e. The molecule has 0 N–H and O–H groups in total. The summed E-state index contributed by atoms with van der Waals surface area (Å²) in [5, 5.41) is 0. The van der Waals surface area contributed by atoms with Gasteiger partial charge in [0, 0.05) is 5.56 Å². The Morgan fingerprint density at radius 1 is 1.39 bits per heavy atom. The van der Waals surface area contributed by atoms with Crippen LogP contribution in [0, 0.1) is 10.6 Å². The van der Waals surface area contributed by atoms with Crippen LogP contribution in [0.15, 0.2) is 28.7 Å². The fraction of sp³-hybridized carbons (Fsp3) is 0.231. The predicted octanol–water partition coefficient (Wildman–Crippen LogP) is 3.43. The first-order chi connectivity index (χ1) is 8.61. The Bertz CT molecular complexity index is 560. The second-order valence-corrected chi connectivity index (χ2v) is 4.75. The van der Waals surface area contributed by atoms with Crippen LogP contribution in [-0.2, 0) is 4.74 Å². The van der Waals surface area contributed by atoms with Crippen LogP contribution in [0.4, 0.5) is 0 Å². The summed E-state index contributed by atoms with van der Waals surface area (Å²) < 4.78 is 10.9. The molecule has 0 atom stereocenters. The highest BCUT2D eigenvalue weighted by Crippen LogP contribution is 2.24. The molecule has 0 unspecified atom stereocenters. The lowest BCUT2D eigenvalue weighted by Gasteiger charge is -1.97. The van der Waals surface area contributed by atoms with Gasteiger partial charge in [0.25, 0.3) is 0 Å². The third kappa shape index (κ3) is 2.72. The maximum absolute atomic E-state index is 11.6. The lowest BCUT2D eigenvalue weighted by Crippen LogP contribution is -2.04. The van der Waals surface area contributed by atoms with Crippen molar-refractivity contribution in [2.24, 2.45) is 0 Å². The quantitative estimate of drug-likeness (QED) is 0.624. The number of halogens is 1. The summed E-state index contributed by atoms with van der Waals surface area (Å²) in [6.45, 7) is 4.07. The van der Waals surface area contributed by atoms with Gasteiger partial charge in [0.05, 0.1) is 6.61 Å². The first-order valence-electron chi connectivity index (χ1n) is 5.52. The Morgan fingerprint density at radius 2 is 2.06 bits per heavy atom. The van der Waals surface area contributed by atoms with Gasteiger partial charge in [-0.3, -0.25) is 0 Å². The largest absolute Gasteiger partial charge is 0.460 e. The lowest BCUT2D eigenvalue weighted by atomic mass is 10.1. The van der Waals surface area contributed by atoms with E-state index >= 15 is 0 Å². The molecule has 0 fully saturated rings. The highest BCUT2D eigenvalue weighted by molar-refractivity contribution is 14.1. The second kappa shape index (κ2) is 5.51. The third-order valence-corrected chi connectivity index (χ3v) is 3.08. The molecule has 1 aromatic heterocycles. The molecule has 2 aromatic rings. The van der Waals surface area contributed by atoms with Gasteiger partial charge in [0.2, 0.25) is 11.7 Å². The number of nitrogens with zero attached hydrogens (tertiary/aromatic N) is 1. The van der Waals surface area contributed by atoms with E-state index in [0.717, 1.165) is 11.1 Å². The predicted molar refractivity (Wildman–Crippen MR) is 75.3 cm³/mol. The van der Waals surface area contributed by atoms with Crippen LogP contribution in [0.2, 0.25) is 0 Å². The van der Waals surface area contributed by atoms with Crippen molar-refractivity contribution in [3.8, 4) is 11.5 Å². The molecule has 0 bridgehead atoms. The van der Waals surface area contributed by atoms with E-state index in [4.69, 9.17) is 9.15 Å². The van der Waals surface area contributed by atoms with Gasteiger partial charge in [-0.25, -0.2) is 9.78 Å². The van der Waals surface area contributed by atoms with E-state index in [0.29, 0.717) is 16.2 Å². The number of aromatic nitrogens is 1. The van der Waals surface area contributed by atoms with Crippen molar-refractivity contribution in [2.75, 3.05) is 6.61 Å². The summed E-state index contributed by atoms with van der Waals surface area (Å²) in [4.78, 5) is 15.8. The molecule has 0 amide bonds. The molecule has 0 saturated heterocycles. The standard InChI is InChI=1S/C13H12INO3/c1-3-17-13(16)10-11(14)15-12(18-10)9-6-4-8(2)5-7-9/h4-7H,3H2,1-2H3. The van der Waals surface area contributed by atoms with Crippen LogP contribution in [-0.4, -0.2) is 17.6 Å². The molecule has 5 heteroatoms. The number of oxazole rings is 1. The molecule has 94 valence electrons. The van der Waals surface area contributed by atoms with Gasteiger partial charge in [-0.05, 0) is 48.6 Å². The van der Waals surface area contributed by atoms with E-state index in [-0.39, 0.29) is 5.76 Å². The van der Waals surface area contributed by atoms with Gasteiger partial charge in [-0.1, -0.05) is 17.7 Å². The average molecular weight is 357 g/mol. The molecule has 0 spiro atoms. The number of carbonyl (C=O) groups excluding carboxylic acids is 1. The van der Waals surface area contributed by atoms with E-state index in [1.165, 1.54) is 0 Å². The summed E-state index contributed by atoms with van der Waals surface area (Å²) in [5.41, 5.74) is 2.00. The topological polar surface area (TPSA) is 52.3 Å². The SMILES string of the molecule is CCOC(=O)c1oc(-c2ccc(C)cc2)nc1I. The number of hydrogen-bond acceptors (Lipinski definition) is 4. The van der Waals surface area contributed by atoms with Crippen LogP contribution in [0.5, 0.6) is 0 Å². The average Bonchev–Trinajstić information content (AvgIpc) is 2.72. The van der Waals surface area contributed by atoms with E-state index in [1.807, 2.05) is 53.8 Å². The van der Waals surface area contributed by atoms with Crippen LogP contribution in [0.25, 0.3) is 11.5 Å². The number of carbonyl (C=O) groups is 1. The monoisotopic (exact) mass is 357 g/mol. The van der Waals surface area contributed by atoms with Crippen molar-refractivity contribution in [1.29, 1.82) is 0 Å². The molecular formula is C13H12INO3. The number of ether oxygens (including phenoxy) is 1. The smallest absolute Gasteiger partial charge is 0.377 e. The maximum Gasteiger partial charge on any atom is 0.377 e. The fourth-order valence-corrected chi connectivity index (χ4v) is 1.99. The molecule has 0 radical (unpaired) electrons. The molecule has 2 rings (SSSR count). The molecule has 0 aliphatic heterocycles. The highest BCUT2D eigenvalue weighted by Gasteiger charge is 2.20. The first-order valence-corrected chi connectivity index (χ1v) is 6.60. The van der Waals surface area contributed by atoms with Gasteiger partial charge >= 0.3 is 5.97 Å². The molecule has 1 heterocycles. The molecular weight excluding hydrogens is 345 g/mol.